The number of hydrogen-bond donors (Lipinski definition) is 2. The lowest BCUT2D eigenvalue weighted by molar-refractivity contribution is -0.143. The molecule has 21 heavy (non-hydrogen) atoms. The first-order valence-electron chi connectivity index (χ1n) is 7.58. The number of carbonyl (C=O) groups is 2. The molecular formula is C17H23NO3. The largest absolute Gasteiger partial charge is 0.481 e. The molecule has 1 atom stereocenters. The molecule has 0 aliphatic heterocycles. The van der Waals surface area contributed by atoms with E-state index in [9.17, 15) is 14.7 Å². The minimum absolute atomic E-state index is 0.0368. The number of aliphatic carboxylic acids is 1. The van der Waals surface area contributed by atoms with E-state index in [-0.39, 0.29) is 12.5 Å². The van der Waals surface area contributed by atoms with E-state index in [1.165, 1.54) is 12.8 Å². The van der Waals surface area contributed by atoms with E-state index in [2.05, 4.69) is 5.32 Å². The number of carboxylic acids is 1. The van der Waals surface area contributed by atoms with Gasteiger partial charge in [-0.05, 0) is 31.2 Å². The van der Waals surface area contributed by atoms with Gasteiger partial charge < -0.3 is 10.4 Å². The van der Waals surface area contributed by atoms with E-state index < -0.39 is 11.4 Å². The first-order valence-corrected chi connectivity index (χ1v) is 7.58. The van der Waals surface area contributed by atoms with Gasteiger partial charge in [-0.25, -0.2) is 0 Å². The number of benzene rings is 1. The number of rotatable bonds is 6. The van der Waals surface area contributed by atoms with Crippen molar-refractivity contribution in [1.82, 2.24) is 5.32 Å². The van der Waals surface area contributed by atoms with Crippen LogP contribution in [-0.2, 0) is 15.0 Å². The van der Waals surface area contributed by atoms with E-state index >= 15 is 0 Å². The fraction of sp³-hybridized carbons (Fsp3) is 0.529. The Morgan fingerprint density at radius 1 is 1.24 bits per heavy atom. The maximum absolute atomic E-state index is 12.0. The van der Waals surface area contributed by atoms with Gasteiger partial charge in [-0.1, -0.05) is 43.2 Å². The number of carbonyl (C=O) groups excluding carboxylic acids is 1. The zero-order valence-corrected chi connectivity index (χ0v) is 12.5. The topological polar surface area (TPSA) is 66.4 Å². The van der Waals surface area contributed by atoms with Gasteiger partial charge in [0.15, 0.2) is 0 Å². The van der Waals surface area contributed by atoms with Crippen LogP contribution in [0.15, 0.2) is 30.3 Å². The SMILES string of the molecule is CC(CNC(=O)CC1CCCC1)(C(=O)O)c1ccccc1. The lowest BCUT2D eigenvalue weighted by Gasteiger charge is -2.26. The zero-order valence-electron chi connectivity index (χ0n) is 12.5. The molecule has 2 N–H and O–H groups in total. The van der Waals surface area contributed by atoms with E-state index in [0.717, 1.165) is 12.8 Å². The second-order valence-corrected chi connectivity index (χ2v) is 6.13. The molecule has 0 saturated heterocycles. The Morgan fingerprint density at radius 3 is 2.43 bits per heavy atom. The number of carboxylic acid groups (broad SMARTS) is 1. The lowest BCUT2D eigenvalue weighted by Crippen LogP contribution is -2.44. The van der Waals surface area contributed by atoms with Crippen LogP contribution in [0.1, 0.15) is 44.6 Å². The second-order valence-electron chi connectivity index (χ2n) is 6.13. The zero-order chi connectivity index (χ0) is 15.3. The highest BCUT2D eigenvalue weighted by Gasteiger charge is 2.35. The Kier molecular flexibility index (Phi) is 4.99. The predicted octanol–water partition coefficient (Wildman–Crippen LogP) is 2.73. The van der Waals surface area contributed by atoms with Gasteiger partial charge in [-0.15, -0.1) is 0 Å². The first kappa shape index (κ1) is 15.5. The monoisotopic (exact) mass is 289 g/mol. The Bertz CT molecular complexity index is 494. The highest BCUT2D eigenvalue weighted by atomic mass is 16.4. The molecule has 1 aromatic rings. The summed E-state index contributed by atoms with van der Waals surface area (Å²) in [5.41, 5.74) is -0.384. The van der Waals surface area contributed by atoms with E-state index in [0.29, 0.717) is 17.9 Å². The third kappa shape index (κ3) is 3.84. The summed E-state index contributed by atoms with van der Waals surface area (Å²) >= 11 is 0. The van der Waals surface area contributed by atoms with E-state index in [1.54, 1.807) is 19.1 Å². The van der Waals surface area contributed by atoms with Crippen LogP contribution in [0.5, 0.6) is 0 Å². The van der Waals surface area contributed by atoms with Gasteiger partial charge in [0, 0.05) is 13.0 Å². The molecule has 1 aliphatic carbocycles. The van der Waals surface area contributed by atoms with Crippen molar-refractivity contribution in [3.05, 3.63) is 35.9 Å². The van der Waals surface area contributed by atoms with Crippen molar-refractivity contribution in [1.29, 1.82) is 0 Å². The summed E-state index contributed by atoms with van der Waals surface area (Å²) in [4.78, 5) is 23.6. The van der Waals surface area contributed by atoms with Gasteiger partial charge in [-0.3, -0.25) is 9.59 Å². The summed E-state index contributed by atoms with van der Waals surface area (Å²) in [6.45, 7) is 1.78. The van der Waals surface area contributed by atoms with Crippen LogP contribution in [0.3, 0.4) is 0 Å². The molecule has 4 nitrogen and oxygen atoms in total. The summed E-state index contributed by atoms with van der Waals surface area (Å²) in [5, 5.41) is 12.3. The molecule has 0 aromatic heterocycles. The minimum Gasteiger partial charge on any atom is -0.481 e. The van der Waals surface area contributed by atoms with Crippen molar-refractivity contribution in [3.63, 3.8) is 0 Å². The normalized spacial score (nSPS) is 18.1. The van der Waals surface area contributed by atoms with Crippen LogP contribution in [-0.4, -0.2) is 23.5 Å². The Labute approximate surface area is 125 Å². The van der Waals surface area contributed by atoms with Crippen LogP contribution >= 0.6 is 0 Å². The second kappa shape index (κ2) is 6.74. The summed E-state index contributed by atoms with van der Waals surface area (Å²) in [6.07, 6.45) is 5.15. The fourth-order valence-electron chi connectivity index (χ4n) is 2.93. The third-order valence-corrected chi connectivity index (χ3v) is 4.47. The van der Waals surface area contributed by atoms with Crippen LogP contribution < -0.4 is 5.32 Å². The molecule has 0 bridgehead atoms. The summed E-state index contributed by atoms with van der Waals surface area (Å²) in [7, 11) is 0. The summed E-state index contributed by atoms with van der Waals surface area (Å²) in [5.74, 6) is -0.488. The maximum atomic E-state index is 12.0. The smallest absolute Gasteiger partial charge is 0.315 e. The molecule has 4 heteroatoms. The molecule has 1 unspecified atom stereocenters. The Morgan fingerprint density at radius 2 is 1.86 bits per heavy atom. The quantitative estimate of drug-likeness (QED) is 0.846. The Hall–Kier alpha value is -1.84. The third-order valence-electron chi connectivity index (χ3n) is 4.47. The van der Waals surface area contributed by atoms with Gasteiger partial charge in [0.05, 0.1) is 0 Å². The molecule has 1 aromatic carbocycles. The molecule has 1 saturated carbocycles. The highest BCUT2D eigenvalue weighted by Crippen LogP contribution is 2.28. The maximum Gasteiger partial charge on any atom is 0.315 e. The molecule has 1 amide bonds. The molecule has 2 rings (SSSR count). The van der Waals surface area contributed by atoms with Crippen molar-refractivity contribution in [2.24, 2.45) is 5.92 Å². The van der Waals surface area contributed by atoms with Crippen molar-refractivity contribution in [2.45, 2.75) is 44.4 Å². The van der Waals surface area contributed by atoms with Gasteiger partial charge in [0.25, 0.3) is 0 Å². The van der Waals surface area contributed by atoms with Crippen molar-refractivity contribution in [2.75, 3.05) is 6.54 Å². The van der Waals surface area contributed by atoms with Crippen LogP contribution in [0, 0.1) is 5.92 Å². The molecule has 0 heterocycles. The number of nitrogens with one attached hydrogen (secondary N) is 1. The van der Waals surface area contributed by atoms with Gasteiger partial charge in [0.1, 0.15) is 5.41 Å². The summed E-state index contributed by atoms with van der Waals surface area (Å²) < 4.78 is 0. The van der Waals surface area contributed by atoms with Gasteiger partial charge in [-0.2, -0.15) is 0 Å². The minimum atomic E-state index is -1.09. The predicted molar refractivity (Wildman–Crippen MR) is 81.0 cm³/mol. The molecule has 0 radical (unpaired) electrons. The van der Waals surface area contributed by atoms with E-state index in [4.69, 9.17) is 0 Å². The van der Waals surface area contributed by atoms with Crippen molar-refractivity contribution in [3.8, 4) is 0 Å². The molecular weight excluding hydrogens is 266 g/mol. The number of hydrogen-bond acceptors (Lipinski definition) is 2. The van der Waals surface area contributed by atoms with E-state index in [1.807, 2.05) is 18.2 Å². The fourth-order valence-corrected chi connectivity index (χ4v) is 2.93. The summed E-state index contributed by atoms with van der Waals surface area (Å²) in [6, 6.07) is 9.06. The van der Waals surface area contributed by atoms with Gasteiger partial charge in [0.2, 0.25) is 5.91 Å². The van der Waals surface area contributed by atoms with Crippen LogP contribution in [0.4, 0.5) is 0 Å². The highest BCUT2D eigenvalue weighted by molar-refractivity contribution is 5.83. The number of amides is 1. The molecule has 0 spiro atoms. The lowest BCUT2D eigenvalue weighted by atomic mass is 9.82. The average Bonchev–Trinajstić information content (AvgIpc) is 2.98. The Balaban J connectivity index is 1.97. The standard InChI is InChI=1S/C17H23NO3/c1-17(16(20)21,14-9-3-2-4-10-14)12-18-15(19)11-13-7-5-6-8-13/h2-4,9-10,13H,5-8,11-12H2,1H3,(H,18,19)(H,20,21). The van der Waals surface area contributed by atoms with Crippen molar-refractivity contribution < 1.29 is 14.7 Å². The molecule has 1 aliphatic rings. The van der Waals surface area contributed by atoms with Gasteiger partial charge >= 0.3 is 5.97 Å². The van der Waals surface area contributed by atoms with Crippen LogP contribution in [0.2, 0.25) is 0 Å². The average molecular weight is 289 g/mol. The molecule has 114 valence electrons. The first-order chi connectivity index (χ1) is 10.0. The van der Waals surface area contributed by atoms with Crippen molar-refractivity contribution >= 4 is 11.9 Å². The molecule has 1 fully saturated rings. The van der Waals surface area contributed by atoms with Crippen LogP contribution in [0.25, 0.3) is 0 Å².